The third kappa shape index (κ3) is 9.03. The van der Waals surface area contributed by atoms with Gasteiger partial charge in [0.2, 0.25) is 11.5 Å². The molecular weight excluding hydrogens is 632 g/mol. The largest absolute Gasteiger partial charge is 0.475 e. The topological polar surface area (TPSA) is 154 Å². The van der Waals surface area contributed by atoms with E-state index in [1.54, 1.807) is 52.8 Å². The molecule has 1 unspecified atom stereocenters. The highest BCUT2D eigenvalue weighted by Crippen LogP contribution is 2.40. The lowest BCUT2D eigenvalue weighted by Gasteiger charge is -2.39. The Bertz CT molecular complexity index is 1500. The van der Waals surface area contributed by atoms with E-state index >= 15 is 0 Å². The van der Waals surface area contributed by atoms with Crippen molar-refractivity contribution >= 4 is 52.4 Å². The standard InChI is InChI=1S/C33H43ClN4O9/c1-6-44-30(42)33(13-8-14-33)46-26-20-25(35-24-19-21(34)9-10-22(24)26)28(40)36-23(11-12-27(39)47-32(3,4)5)29(41)37-15-17-38(18-16-37)31(43)45-7-2/h9-10,19-20,23H,6-8,11-18H2,1-5H3,(H,36,40). The fourth-order valence-corrected chi connectivity index (χ4v) is 5.54. The zero-order valence-corrected chi connectivity index (χ0v) is 28.3. The number of nitrogens with one attached hydrogen (secondary N) is 1. The number of hydrogen-bond acceptors (Lipinski definition) is 10. The fourth-order valence-electron chi connectivity index (χ4n) is 5.38. The van der Waals surface area contributed by atoms with Crippen LogP contribution in [0.25, 0.3) is 10.9 Å². The number of amides is 3. The number of carbonyl (C=O) groups excluding carboxylic acids is 5. The summed E-state index contributed by atoms with van der Waals surface area (Å²) in [5.74, 6) is -1.86. The lowest BCUT2D eigenvalue weighted by Crippen LogP contribution is -2.56. The van der Waals surface area contributed by atoms with Crippen LogP contribution in [0.2, 0.25) is 5.02 Å². The maximum absolute atomic E-state index is 13.8. The summed E-state index contributed by atoms with van der Waals surface area (Å²) >= 11 is 6.26. The number of carbonyl (C=O) groups is 5. The Morgan fingerprint density at radius 3 is 2.23 bits per heavy atom. The maximum atomic E-state index is 13.8. The van der Waals surface area contributed by atoms with E-state index in [0.717, 1.165) is 6.42 Å². The predicted octanol–water partition coefficient (Wildman–Crippen LogP) is 4.27. The Labute approximate surface area is 279 Å². The van der Waals surface area contributed by atoms with Crippen molar-refractivity contribution < 1.29 is 42.9 Å². The lowest BCUT2D eigenvalue weighted by molar-refractivity contribution is -0.169. The Balaban J connectivity index is 1.59. The van der Waals surface area contributed by atoms with Crippen LogP contribution in [0, 0.1) is 0 Å². The number of fused-ring (bicyclic) bond motifs is 1. The summed E-state index contributed by atoms with van der Waals surface area (Å²) in [7, 11) is 0. The van der Waals surface area contributed by atoms with Gasteiger partial charge in [-0.3, -0.25) is 14.4 Å². The molecule has 4 rings (SSSR count). The van der Waals surface area contributed by atoms with Gasteiger partial charge in [-0.2, -0.15) is 0 Å². The Morgan fingerprint density at radius 2 is 1.64 bits per heavy atom. The number of hydrogen-bond donors (Lipinski definition) is 1. The van der Waals surface area contributed by atoms with Crippen molar-refractivity contribution in [1.29, 1.82) is 0 Å². The first-order valence-electron chi connectivity index (χ1n) is 15.9. The molecule has 1 aliphatic carbocycles. The highest BCUT2D eigenvalue weighted by Gasteiger charge is 2.48. The summed E-state index contributed by atoms with van der Waals surface area (Å²) in [6.45, 7) is 10.0. The second-order valence-corrected chi connectivity index (χ2v) is 12.9. The summed E-state index contributed by atoms with van der Waals surface area (Å²) in [6, 6.07) is 5.25. The number of esters is 2. The number of benzene rings is 1. The minimum Gasteiger partial charge on any atom is -0.475 e. The van der Waals surface area contributed by atoms with Crippen molar-refractivity contribution in [2.75, 3.05) is 39.4 Å². The molecule has 47 heavy (non-hydrogen) atoms. The quantitative estimate of drug-likeness (QED) is 0.270. The van der Waals surface area contributed by atoms with Crippen LogP contribution in [0.5, 0.6) is 5.75 Å². The molecule has 2 fully saturated rings. The van der Waals surface area contributed by atoms with Gasteiger partial charge in [0.25, 0.3) is 5.91 Å². The maximum Gasteiger partial charge on any atom is 0.409 e. The molecule has 2 aromatic rings. The fraction of sp³-hybridized carbons (Fsp3) is 0.576. The molecule has 0 bridgehead atoms. The summed E-state index contributed by atoms with van der Waals surface area (Å²) in [6.07, 6.45) is 1.06. The molecule has 2 aliphatic rings. The van der Waals surface area contributed by atoms with E-state index in [-0.39, 0.29) is 63.7 Å². The molecule has 14 heteroatoms. The van der Waals surface area contributed by atoms with Crippen molar-refractivity contribution in [3.63, 3.8) is 0 Å². The van der Waals surface area contributed by atoms with Crippen molar-refractivity contribution in [2.45, 2.75) is 84.0 Å². The van der Waals surface area contributed by atoms with E-state index in [1.165, 1.54) is 15.9 Å². The molecule has 1 saturated heterocycles. The molecule has 1 saturated carbocycles. The average molecular weight is 675 g/mol. The van der Waals surface area contributed by atoms with Crippen LogP contribution in [-0.4, -0.2) is 101 Å². The van der Waals surface area contributed by atoms with Crippen LogP contribution in [0.3, 0.4) is 0 Å². The average Bonchev–Trinajstić information content (AvgIpc) is 2.99. The van der Waals surface area contributed by atoms with Gasteiger partial charge in [-0.25, -0.2) is 14.6 Å². The van der Waals surface area contributed by atoms with Gasteiger partial charge in [0.1, 0.15) is 23.1 Å². The van der Waals surface area contributed by atoms with E-state index < -0.39 is 47.1 Å². The first kappa shape index (κ1) is 35.7. The van der Waals surface area contributed by atoms with Crippen molar-refractivity contribution in [1.82, 2.24) is 20.1 Å². The van der Waals surface area contributed by atoms with Crippen LogP contribution in [0.1, 0.15) is 77.2 Å². The molecule has 256 valence electrons. The summed E-state index contributed by atoms with van der Waals surface area (Å²) in [5, 5.41) is 3.68. The number of pyridine rings is 1. The van der Waals surface area contributed by atoms with Gasteiger partial charge in [-0.15, -0.1) is 0 Å². The molecule has 0 radical (unpaired) electrons. The highest BCUT2D eigenvalue weighted by molar-refractivity contribution is 6.31. The third-order valence-corrected chi connectivity index (χ3v) is 8.09. The predicted molar refractivity (Wildman–Crippen MR) is 172 cm³/mol. The second-order valence-electron chi connectivity index (χ2n) is 12.5. The SMILES string of the molecule is CCOC(=O)N1CCN(C(=O)C(CCC(=O)OC(C)(C)C)NC(=O)c2cc(OC3(C(=O)OCC)CCC3)c3ccc(Cl)cc3n2)CC1. The number of ether oxygens (including phenoxy) is 4. The van der Waals surface area contributed by atoms with Crippen LogP contribution in [0.4, 0.5) is 4.79 Å². The van der Waals surface area contributed by atoms with Gasteiger partial charge in [0.15, 0.2) is 0 Å². The Hall–Kier alpha value is -4.13. The molecule has 1 N–H and O–H groups in total. The minimum absolute atomic E-state index is 0.0354. The Morgan fingerprint density at radius 1 is 0.979 bits per heavy atom. The van der Waals surface area contributed by atoms with Gasteiger partial charge in [-0.1, -0.05) is 11.6 Å². The van der Waals surface area contributed by atoms with Gasteiger partial charge in [0, 0.05) is 49.1 Å². The third-order valence-electron chi connectivity index (χ3n) is 7.86. The van der Waals surface area contributed by atoms with E-state index in [4.69, 9.17) is 30.5 Å². The normalized spacial score (nSPS) is 16.5. The summed E-state index contributed by atoms with van der Waals surface area (Å²) in [4.78, 5) is 72.7. The number of nitrogens with zero attached hydrogens (tertiary/aromatic N) is 3. The summed E-state index contributed by atoms with van der Waals surface area (Å²) < 4.78 is 22.1. The van der Waals surface area contributed by atoms with Gasteiger partial charge < -0.3 is 34.1 Å². The molecule has 1 aromatic carbocycles. The smallest absolute Gasteiger partial charge is 0.409 e. The number of aromatic nitrogens is 1. The lowest BCUT2D eigenvalue weighted by atomic mass is 9.80. The first-order chi connectivity index (χ1) is 22.2. The van der Waals surface area contributed by atoms with E-state index in [0.29, 0.717) is 28.8 Å². The highest BCUT2D eigenvalue weighted by atomic mass is 35.5. The van der Waals surface area contributed by atoms with E-state index in [9.17, 15) is 24.0 Å². The molecule has 0 spiro atoms. The molecule has 1 aliphatic heterocycles. The van der Waals surface area contributed by atoms with Crippen LogP contribution in [-0.2, 0) is 28.6 Å². The number of piperazine rings is 1. The van der Waals surface area contributed by atoms with E-state index in [2.05, 4.69) is 10.3 Å². The van der Waals surface area contributed by atoms with E-state index in [1.807, 2.05) is 0 Å². The molecule has 3 amide bonds. The number of rotatable bonds is 11. The minimum atomic E-state index is -1.19. The zero-order valence-electron chi connectivity index (χ0n) is 27.6. The molecule has 1 aromatic heterocycles. The molecule has 13 nitrogen and oxygen atoms in total. The van der Waals surface area contributed by atoms with Crippen molar-refractivity contribution in [3.8, 4) is 5.75 Å². The van der Waals surface area contributed by atoms with Crippen LogP contribution >= 0.6 is 11.6 Å². The second kappa shape index (κ2) is 15.2. The van der Waals surface area contributed by atoms with Gasteiger partial charge >= 0.3 is 18.0 Å². The zero-order chi connectivity index (χ0) is 34.4. The van der Waals surface area contributed by atoms with Gasteiger partial charge in [-0.05, 0) is 78.5 Å². The Kier molecular flexibility index (Phi) is 11.5. The monoisotopic (exact) mass is 674 g/mol. The first-order valence-corrected chi connectivity index (χ1v) is 16.3. The van der Waals surface area contributed by atoms with Crippen molar-refractivity contribution in [2.24, 2.45) is 0 Å². The molecule has 2 heterocycles. The number of halogens is 1. The van der Waals surface area contributed by atoms with Crippen molar-refractivity contribution in [3.05, 3.63) is 35.0 Å². The molecular formula is C33H43ClN4O9. The molecule has 1 atom stereocenters. The van der Waals surface area contributed by atoms with Crippen LogP contribution in [0.15, 0.2) is 24.3 Å². The van der Waals surface area contributed by atoms with Gasteiger partial charge in [0.05, 0.1) is 18.7 Å². The van der Waals surface area contributed by atoms with Crippen LogP contribution < -0.4 is 10.1 Å². The summed E-state index contributed by atoms with van der Waals surface area (Å²) in [5.41, 5.74) is -1.63.